The average molecular weight is 495 g/mol. The zero-order valence-corrected chi connectivity index (χ0v) is 20.2. The molecule has 0 spiro atoms. The number of hydrogen-bond donors (Lipinski definition) is 1. The van der Waals surface area contributed by atoms with Gasteiger partial charge in [-0.1, -0.05) is 17.4 Å². The predicted octanol–water partition coefficient (Wildman–Crippen LogP) is 3.01. The number of ether oxygens (including phenoxy) is 2. The molecule has 3 aromatic rings. The molecule has 182 valence electrons. The van der Waals surface area contributed by atoms with Gasteiger partial charge in [0.1, 0.15) is 0 Å². The Morgan fingerprint density at radius 3 is 2.71 bits per heavy atom. The Bertz CT molecular complexity index is 1280. The first kappa shape index (κ1) is 23.6. The number of nitrogens with zero attached hydrogens (tertiary/aromatic N) is 3. The van der Waals surface area contributed by atoms with E-state index in [4.69, 9.17) is 9.47 Å². The third kappa shape index (κ3) is 4.96. The monoisotopic (exact) mass is 494 g/mol. The standard InChI is InChI=1S/C25H26N4O5S/c1-33-10-2-7-29-23(31)18-5-4-17(14-19(18)24(29)32)22(30)27-25-26-20-6-3-16(13-21(20)35-25)15-28-8-11-34-12-9-28/h3-6,13-14H,2,7-12,15H2,1H3,(H,26,27,30). The predicted molar refractivity (Wildman–Crippen MR) is 132 cm³/mol. The number of nitrogens with one attached hydrogen (secondary N) is 1. The van der Waals surface area contributed by atoms with E-state index in [1.165, 1.54) is 33.9 Å². The zero-order valence-electron chi connectivity index (χ0n) is 19.4. The van der Waals surface area contributed by atoms with Gasteiger partial charge in [0.05, 0.1) is 34.6 Å². The van der Waals surface area contributed by atoms with Crippen molar-refractivity contribution in [3.8, 4) is 0 Å². The molecule has 5 rings (SSSR count). The number of hydrogen-bond acceptors (Lipinski definition) is 8. The summed E-state index contributed by atoms with van der Waals surface area (Å²) < 4.78 is 11.4. The second kappa shape index (κ2) is 10.2. The molecule has 3 amide bonds. The van der Waals surface area contributed by atoms with Crippen LogP contribution in [0.4, 0.5) is 5.13 Å². The van der Waals surface area contributed by atoms with E-state index in [2.05, 4.69) is 27.3 Å². The Morgan fingerprint density at radius 1 is 1.11 bits per heavy atom. The van der Waals surface area contributed by atoms with Crippen molar-refractivity contribution in [2.75, 3.05) is 51.9 Å². The van der Waals surface area contributed by atoms with Gasteiger partial charge in [-0.2, -0.15) is 0 Å². The van der Waals surface area contributed by atoms with Gasteiger partial charge in [0.2, 0.25) is 0 Å². The van der Waals surface area contributed by atoms with Gasteiger partial charge in [0.25, 0.3) is 17.7 Å². The van der Waals surface area contributed by atoms with Gasteiger partial charge in [-0.25, -0.2) is 4.98 Å². The largest absolute Gasteiger partial charge is 0.385 e. The van der Waals surface area contributed by atoms with E-state index in [-0.39, 0.29) is 29.8 Å². The Morgan fingerprint density at radius 2 is 1.91 bits per heavy atom. The quantitative estimate of drug-likeness (QED) is 0.379. The minimum atomic E-state index is -0.386. The highest BCUT2D eigenvalue weighted by atomic mass is 32.1. The highest BCUT2D eigenvalue weighted by Gasteiger charge is 2.35. The molecule has 0 atom stereocenters. The van der Waals surface area contributed by atoms with Crippen molar-refractivity contribution in [1.29, 1.82) is 0 Å². The van der Waals surface area contributed by atoms with E-state index in [1.54, 1.807) is 13.2 Å². The van der Waals surface area contributed by atoms with Gasteiger partial charge >= 0.3 is 0 Å². The fraction of sp³-hybridized carbons (Fsp3) is 0.360. The summed E-state index contributed by atoms with van der Waals surface area (Å²) in [7, 11) is 1.57. The molecule has 35 heavy (non-hydrogen) atoms. The molecule has 2 aliphatic rings. The van der Waals surface area contributed by atoms with Gasteiger partial charge in [-0.15, -0.1) is 0 Å². The van der Waals surface area contributed by atoms with Gasteiger partial charge in [-0.3, -0.25) is 29.5 Å². The molecule has 2 aliphatic heterocycles. The summed E-state index contributed by atoms with van der Waals surface area (Å²) >= 11 is 1.41. The zero-order chi connectivity index (χ0) is 24.4. The number of carbonyl (C=O) groups excluding carboxylic acids is 3. The first-order valence-electron chi connectivity index (χ1n) is 11.5. The maximum absolute atomic E-state index is 12.9. The number of imide groups is 1. The normalized spacial score (nSPS) is 16.2. The number of morpholine rings is 1. The highest BCUT2D eigenvalue weighted by Crippen LogP contribution is 2.29. The summed E-state index contributed by atoms with van der Waals surface area (Å²) in [6, 6.07) is 10.7. The fourth-order valence-electron chi connectivity index (χ4n) is 4.31. The molecule has 3 heterocycles. The smallest absolute Gasteiger partial charge is 0.261 e. The molecular weight excluding hydrogens is 468 g/mol. The number of thiazole rings is 1. The molecule has 1 aromatic heterocycles. The molecule has 1 N–H and O–H groups in total. The maximum atomic E-state index is 12.9. The van der Waals surface area contributed by atoms with Crippen LogP contribution in [-0.4, -0.2) is 79.1 Å². The molecule has 1 fully saturated rings. The number of carbonyl (C=O) groups is 3. The summed E-state index contributed by atoms with van der Waals surface area (Å²) in [6.45, 7) is 4.94. The topological polar surface area (TPSA) is 101 Å². The summed E-state index contributed by atoms with van der Waals surface area (Å²) in [4.78, 5) is 46.3. The number of aromatic nitrogens is 1. The average Bonchev–Trinajstić information content (AvgIpc) is 3.37. The van der Waals surface area contributed by atoms with E-state index in [0.717, 1.165) is 43.1 Å². The Labute approximate surface area is 206 Å². The fourth-order valence-corrected chi connectivity index (χ4v) is 5.23. The van der Waals surface area contributed by atoms with Crippen LogP contribution in [0.15, 0.2) is 36.4 Å². The van der Waals surface area contributed by atoms with E-state index in [9.17, 15) is 14.4 Å². The third-order valence-electron chi connectivity index (χ3n) is 6.15. The van der Waals surface area contributed by atoms with Crippen LogP contribution in [0.1, 0.15) is 43.1 Å². The summed E-state index contributed by atoms with van der Waals surface area (Å²) in [5, 5.41) is 3.32. The third-order valence-corrected chi connectivity index (χ3v) is 7.08. The van der Waals surface area contributed by atoms with Crippen molar-refractivity contribution in [2.24, 2.45) is 0 Å². The molecule has 1 saturated heterocycles. The molecule has 0 saturated carbocycles. The summed E-state index contributed by atoms with van der Waals surface area (Å²) in [5.41, 5.74) is 2.88. The van der Waals surface area contributed by atoms with Crippen molar-refractivity contribution in [2.45, 2.75) is 13.0 Å². The Balaban J connectivity index is 1.28. The van der Waals surface area contributed by atoms with Gasteiger partial charge in [0, 0.05) is 45.5 Å². The van der Waals surface area contributed by atoms with Crippen LogP contribution in [0.5, 0.6) is 0 Å². The van der Waals surface area contributed by atoms with Crippen LogP contribution in [0.25, 0.3) is 10.2 Å². The van der Waals surface area contributed by atoms with Gasteiger partial charge in [0.15, 0.2) is 5.13 Å². The van der Waals surface area contributed by atoms with E-state index in [1.807, 2.05) is 6.07 Å². The number of fused-ring (bicyclic) bond motifs is 2. The molecule has 9 nitrogen and oxygen atoms in total. The van der Waals surface area contributed by atoms with Crippen LogP contribution in [-0.2, 0) is 16.0 Å². The van der Waals surface area contributed by atoms with Crippen molar-refractivity contribution in [3.05, 3.63) is 58.7 Å². The molecule has 0 bridgehead atoms. The van der Waals surface area contributed by atoms with Crippen LogP contribution >= 0.6 is 11.3 Å². The highest BCUT2D eigenvalue weighted by molar-refractivity contribution is 7.22. The van der Waals surface area contributed by atoms with Crippen molar-refractivity contribution in [1.82, 2.24) is 14.8 Å². The molecule has 2 aromatic carbocycles. The van der Waals surface area contributed by atoms with Crippen molar-refractivity contribution in [3.63, 3.8) is 0 Å². The molecule has 0 aliphatic carbocycles. The number of anilines is 1. The lowest BCUT2D eigenvalue weighted by atomic mass is 10.1. The number of methoxy groups -OCH3 is 1. The van der Waals surface area contributed by atoms with E-state index >= 15 is 0 Å². The van der Waals surface area contributed by atoms with E-state index in [0.29, 0.717) is 29.3 Å². The van der Waals surface area contributed by atoms with Gasteiger partial charge < -0.3 is 9.47 Å². The SMILES string of the molecule is COCCCN1C(=O)c2ccc(C(=O)Nc3nc4ccc(CN5CCOCC5)cc4s3)cc2C1=O. The summed E-state index contributed by atoms with van der Waals surface area (Å²) in [6.07, 6.45) is 0.557. The van der Waals surface area contributed by atoms with Crippen LogP contribution < -0.4 is 5.32 Å². The first-order valence-corrected chi connectivity index (χ1v) is 12.4. The van der Waals surface area contributed by atoms with Crippen LogP contribution in [0.3, 0.4) is 0 Å². The Kier molecular flexibility index (Phi) is 6.87. The minimum Gasteiger partial charge on any atom is -0.385 e. The first-order chi connectivity index (χ1) is 17.0. The number of rotatable bonds is 8. The maximum Gasteiger partial charge on any atom is 0.261 e. The Hall–Kier alpha value is -3.18. The second-order valence-corrected chi connectivity index (χ2v) is 9.56. The van der Waals surface area contributed by atoms with Gasteiger partial charge in [-0.05, 0) is 42.3 Å². The van der Waals surface area contributed by atoms with E-state index < -0.39 is 0 Å². The van der Waals surface area contributed by atoms with Crippen molar-refractivity contribution >= 4 is 44.4 Å². The summed E-state index contributed by atoms with van der Waals surface area (Å²) in [5.74, 6) is -1.10. The molecular formula is C25H26N4O5S. The lowest BCUT2D eigenvalue weighted by Crippen LogP contribution is -2.35. The second-order valence-electron chi connectivity index (χ2n) is 8.53. The van der Waals surface area contributed by atoms with Crippen LogP contribution in [0, 0.1) is 0 Å². The minimum absolute atomic E-state index is 0.247. The van der Waals surface area contributed by atoms with Crippen molar-refractivity contribution < 1.29 is 23.9 Å². The van der Waals surface area contributed by atoms with Crippen LogP contribution in [0.2, 0.25) is 0 Å². The molecule has 0 radical (unpaired) electrons. The lowest BCUT2D eigenvalue weighted by Gasteiger charge is -2.26. The molecule has 10 heteroatoms. The lowest BCUT2D eigenvalue weighted by molar-refractivity contribution is 0.0342. The number of amides is 3. The number of benzene rings is 2. The molecule has 0 unspecified atom stereocenters.